The van der Waals surface area contributed by atoms with Crippen LogP contribution in [0, 0.1) is 5.41 Å². The molecule has 1 unspecified atom stereocenters. The summed E-state index contributed by atoms with van der Waals surface area (Å²) in [6.07, 6.45) is 7.98. The monoisotopic (exact) mass is 317 g/mol. The number of nitrogens with one attached hydrogen (secondary N) is 1. The number of carbonyl (C=O) groups excluding carboxylic acids is 1. The number of carbonyl (C=O) groups is 1. The van der Waals surface area contributed by atoms with E-state index in [0.717, 1.165) is 51.0 Å². The molecule has 2 aliphatic carbocycles. The number of amides is 1. The van der Waals surface area contributed by atoms with Crippen LogP contribution in [0.3, 0.4) is 0 Å². The number of hydrogen-bond acceptors (Lipinski definition) is 4. The van der Waals surface area contributed by atoms with Crippen molar-refractivity contribution in [3.8, 4) is 0 Å². The summed E-state index contributed by atoms with van der Waals surface area (Å²) in [4.78, 5) is 28.7. The van der Waals surface area contributed by atoms with Crippen LogP contribution in [0.2, 0.25) is 0 Å². The highest BCUT2D eigenvalue weighted by molar-refractivity contribution is 5.76. The Morgan fingerprint density at radius 2 is 2.09 bits per heavy atom. The first kappa shape index (κ1) is 14.9. The van der Waals surface area contributed by atoms with E-state index < -0.39 is 0 Å². The van der Waals surface area contributed by atoms with Crippen LogP contribution in [0.15, 0.2) is 17.2 Å². The second-order valence-corrected chi connectivity index (χ2v) is 7.19. The van der Waals surface area contributed by atoms with Crippen molar-refractivity contribution in [1.29, 1.82) is 0 Å². The molecule has 1 spiro atoms. The quantitative estimate of drug-likeness (QED) is 0.905. The van der Waals surface area contributed by atoms with Gasteiger partial charge in [-0.2, -0.15) is 0 Å². The van der Waals surface area contributed by atoms with Crippen molar-refractivity contribution in [3.63, 3.8) is 0 Å². The fraction of sp³-hybridized carbons (Fsp3) is 0.706. The molecule has 6 nitrogen and oxygen atoms in total. The maximum absolute atomic E-state index is 12.3. The molecular formula is C17H23N3O3. The molecule has 0 bridgehead atoms. The van der Waals surface area contributed by atoms with Crippen molar-refractivity contribution in [1.82, 2.24) is 14.9 Å². The van der Waals surface area contributed by atoms with Crippen LogP contribution in [-0.2, 0) is 16.1 Å². The molecule has 1 aromatic heterocycles. The predicted molar refractivity (Wildman–Crippen MR) is 84.1 cm³/mol. The maximum Gasteiger partial charge on any atom is 0.254 e. The van der Waals surface area contributed by atoms with E-state index in [9.17, 15) is 9.59 Å². The van der Waals surface area contributed by atoms with Crippen molar-refractivity contribution >= 4 is 5.91 Å². The molecule has 6 heteroatoms. The van der Waals surface area contributed by atoms with Crippen LogP contribution >= 0.6 is 0 Å². The molecule has 3 fully saturated rings. The minimum Gasteiger partial charge on any atom is -0.381 e. The van der Waals surface area contributed by atoms with E-state index in [1.807, 2.05) is 0 Å². The van der Waals surface area contributed by atoms with Gasteiger partial charge in [-0.1, -0.05) is 0 Å². The maximum atomic E-state index is 12.3. The summed E-state index contributed by atoms with van der Waals surface area (Å²) in [5.41, 5.74) is 0.964. The zero-order valence-electron chi connectivity index (χ0n) is 13.3. The zero-order chi connectivity index (χ0) is 15.9. The highest BCUT2D eigenvalue weighted by Gasteiger charge is 2.47. The molecule has 1 atom stereocenters. The third-order valence-electron chi connectivity index (χ3n) is 5.70. The standard InChI is InChI=1S/C17H23N3O3/c21-15(19-14-3-4-17(14)5-7-23-8-6-17)10-20-11-18-13(9-16(20)22)12-1-2-12/h9,11-12,14H,1-8,10H2,(H,19,21). The van der Waals surface area contributed by atoms with Crippen molar-refractivity contribution in [3.05, 3.63) is 28.4 Å². The Balaban J connectivity index is 1.37. The van der Waals surface area contributed by atoms with Crippen molar-refractivity contribution in [2.75, 3.05) is 13.2 Å². The van der Waals surface area contributed by atoms with Crippen LogP contribution in [0.5, 0.6) is 0 Å². The Morgan fingerprint density at radius 1 is 1.30 bits per heavy atom. The normalized spacial score (nSPS) is 25.8. The molecule has 0 aromatic carbocycles. The second kappa shape index (κ2) is 5.74. The summed E-state index contributed by atoms with van der Waals surface area (Å²) in [7, 11) is 0. The van der Waals surface area contributed by atoms with Crippen molar-refractivity contribution in [2.45, 2.75) is 57.0 Å². The highest BCUT2D eigenvalue weighted by Crippen LogP contribution is 2.48. The lowest BCUT2D eigenvalue weighted by Crippen LogP contribution is -2.57. The van der Waals surface area contributed by atoms with E-state index in [0.29, 0.717) is 5.92 Å². The largest absolute Gasteiger partial charge is 0.381 e. The van der Waals surface area contributed by atoms with Gasteiger partial charge in [-0.25, -0.2) is 4.98 Å². The molecule has 1 saturated heterocycles. The Bertz CT molecular complexity index is 659. The number of aromatic nitrogens is 2. The van der Waals surface area contributed by atoms with Crippen molar-refractivity contribution < 1.29 is 9.53 Å². The van der Waals surface area contributed by atoms with Gasteiger partial charge in [0.2, 0.25) is 5.91 Å². The van der Waals surface area contributed by atoms with Gasteiger partial charge < -0.3 is 10.1 Å². The van der Waals surface area contributed by atoms with E-state index in [1.54, 1.807) is 6.07 Å². The predicted octanol–water partition coefficient (Wildman–Crippen LogP) is 1.20. The third-order valence-corrected chi connectivity index (χ3v) is 5.70. The molecule has 1 amide bonds. The third kappa shape index (κ3) is 2.92. The molecule has 1 aliphatic heterocycles. The molecular weight excluding hydrogens is 294 g/mol. The molecule has 2 heterocycles. The molecule has 124 valence electrons. The van der Waals surface area contributed by atoms with E-state index in [2.05, 4.69) is 10.3 Å². The molecule has 23 heavy (non-hydrogen) atoms. The first-order valence-corrected chi connectivity index (χ1v) is 8.60. The lowest BCUT2D eigenvalue weighted by Gasteiger charge is -2.52. The average molecular weight is 317 g/mol. The topological polar surface area (TPSA) is 73.2 Å². The second-order valence-electron chi connectivity index (χ2n) is 7.19. The fourth-order valence-corrected chi connectivity index (χ4v) is 3.85. The number of rotatable bonds is 4. The van der Waals surface area contributed by atoms with Crippen molar-refractivity contribution in [2.24, 2.45) is 5.41 Å². The van der Waals surface area contributed by atoms with E-state index in [-0.39, 0.29) is 29.5 Å². The van der Waals surface area contributed by atoms with Crippen LogP contribution in [-0.4, -0.2) is 34.7 Å². The van der Waals surface area contributed by atoms with E-state index in [4.69, 9.17) is 4.74 Å². The first-order chi connectivity index (χ1) is 11.2. The molecule has 1 aromatic rings. The first-order valence-electron chi connectivity index (χ1n) is 8.60. The Kier molecular flexibility index (Phi) is 3.71. The van der Waals surface area contributed by atoms with Gasteiger partial charge in [-0.15, -0.1) is 0 Å². The summed E-state index contributed by atoms with van der Waals surface area (Å²) in [5, 5.41) is 3.12. The fourth-order valence-electron chi connectivity index (χ4n) is 3.85. The number of hydrogen-bond donors (Lipinski definition) is 1. The number of nitrogens with zero attached hydrogens (tertiary/aromatic N) is 2. The summed E-state index contributed by atoms with van der Waals surface area (Å²) < 4.78 is 6.83. The molecule has 3 aliphatic rings. The lowest BCUT2D eigenvalue weighted by atomic mass is 9.60. The van der Waals surface area contributed by atoms with Gasteiger partial charge in [0, 0.05) is 31.2 Å². The molecule has 1 N–H and O–H groups in total. The Hall–Kier alpha value is -1.69. The van der Waals surface area contributed by atoms with E-state index >= 15 is 0 Å². The molecule has 0 radical (unpaired) electrons. The van der Waals surface area contributed by atoms with Gasteiger partial charge in [0.25, 0.3) is 5.56 Å². The van der Waals surface area contributed by atoms with Crippen LogP contribution in [0.4, 0.5) is 0 Å². The van der Waals surface area contributed by atoms with Crippen LogP contribution in [0.1, 0.15) is 50.1 Å². The summed E-state index contributed by atoms with van der Waals surface area (Å²) in [6.45, 7) is 1.64. The zero-order valence-corrected chi connectivity index (χ0v) is 13.3. The van der Waals surface area contributed by atoms with Gasteiger partial charge >= 0.3 is 0 Å². The van der Waals surface area contributed by atoms with Gasteiger partial charge in [0.15, 0.2) is 0 Å². The Morgan fingerprint density at radius 3 is 2.70 bits per heavy atom. The average Bonchev–Trinajstić information content (AvgIpc) is 3.39. The van der Waals surface area contributed by atoms with Gasteiger partial charge in [-0.3, -0.25) is 14.2 Å². The minimum atomic E-state index is -0.133. The number of ether oxygens (including phenoxy) is 1. The van der Waals surface area contributed by atoms with Gasteiger partial charge in [0.1, 0.15) is 6.54 Å². The molecule has 2 saturated carbocycles. The van der Waals surface area contributed by atoms with Crippen LogP contribution < -0.4 is 10.9 Å². The van der Waals surface area contributed by atoms with E-state index in [1.165, 1.54) is 17.3 Å². The van der Waals surface area contributed by atoms with Crippen LogP contribution in [0.25, 0.3) is 0 Å². The van der Waals surface area contributed by atoms with Gasteiger partial charge in [-0.05, 0) is 43.9 Å². The minimum absolute atomic E-state index is 0.0554. The van der Waals surface area contributed by atoms with Gasteiger partial charge in [0.05, 0.1) is 12.0 Å². The lowest BCUT2D eigenvalue weighted by molar-refractivity contribution is -0.127. The SMILES string of the molecule is O=C(Cn1cnc(C2CC2)cc1=O)NC1CCC12CCOCC2. The summed E-state index contributed by atoms with van der Waals surface area (Å²) >= 11 is 0. The molecule has 4 rings (SSSR count). The smallest absolute Gasteiger partial charge is 0.254 e. The Labute approximate surface area is 135 Å². The summed E-state index contributed by atoms with van der Waals surface area (Å²) in [5.74, 6) is 0.359. The highest BCUT2D eigenvalue weighted by atomic mass is 16.5. The summed E-state index contributed by atoms with van der Waals surface area (Å²) in [6, 6.07) is 1.81.